The van der Waals surface area contributed by atoms with E-state index >= 15 is 0 Å². The fourth-order valence-electron chi connectivity index (χ4n) is 3.06. The number of carboxylic acids is 1. The molecule has 26 heavy (non-hydrogen) atoms. The van der Waals surface area contributed by atoms with Crippen LogP contribution in [0.5, 0.6) is 0 Å². The Morgan fingerprint density at radius 1 is 1.23 bits per heavy atom. The SMILES string of the molecule is CC(c1ccccc1)C(O)C=C[C@H]1CSC[C@H]1CC=CCC=CC(=O)O. The topological polar surface area (TPSA) is 57.5 Å². The summed E-state index contributed by atoms with van der Waals surface area (Å²) in [7, 11) is 0. The molecule has 3 nitrogen and oxygen atoms in total. The van der Waals surface area contributed by atoms with Gasteiger partial charge in [-0.1, -0.05) is 67.6 Å². The first-order valence-electron chi connectivity index (χ1n) is 9.11. The maximum atomic E-state index is 10.5. The Labute approximate surface area is 160 Å². The Morgan fingerprint density at radius 3 is 2.73 bits per heavy atom. The molecule has 0 aromatic heterocycles. The molecule has 1 heterocycles. The molecule has 0 amide bonds. The molecule has 0 saturated carbocycles. The van der Waals surface area contributed by atoms with E-state index in [1.54, 1.807) is 6.08 Å². The molecule has 1 aliphatic heterocycles. The number of carbonyl (C=O) groups is 1. The van der Waals surface area contributed by atoms with E-state index < -0.39 is 12.1 Å². The van der Waals surface area contributed by atoms with Crippen LogP contribution in [0.25, 0.3) is 0 Å². The minimum absolute atomic E-state index is 0.0841. The number of aliphatic carboxylic acids is 1. The van der Waals surface area contributed by atoms with Gasteiger partial charge in [-0.3, -0.25) is 0 Å². The fourth-order valence-corrected chi connectivity index (χ4v) is 4.54. The molecule has 2 N–H and O–H groups in total. The van der Waals surface area contributed by atoms with Gasteiger partial charge in [0.1, 0.15) is 0 Å². The van der Waals surface area contributed by atoms with Crippen LogP contribution in [0.4, 0.5) is 0 Å². The molecule has 0 bridgehead atoms. The van der Waals surface area contributed by atoms with Crippen molar-refractivity contribution in [2.45, 2.75) is 31.8 Å². The van der Waals surface area contributed by atoms with Gasteiger partial charge in [0.2, 0.25) is 0 Å². The van der Waals surface area contributed by atoms with E-state index in [9.17, 15) is 9.90 Å². The summed E-state index contributed by atoms with van der Waals surface area (Å²) in [5.74, 6) is 2.47. The number of allylic oxidation sites excluding steroid dienone is 4. The van der Waals surface area contributed by atoms with E-state index in [1.807, 2.05) is 42.1 Å². The summed E-state index contributed by atoms with van der Waals surface area (Å²) < 4.78 is 0. The van der Waals surface area contributed by atoms with E-state index in [1.165, 1.54) is 6.08 Å². The first-order valence-corrected chi connectivity index (χ1v) is 10.3. The van der Waals surface area contributed by atoms with Crippen LogP contribution in [-0.2, 0) is 4.79 Å². The molecule has 1 saturated heterocycles. The lowest BCUT2D eigenvalue weighted by atomic mass is 9.90. The second-order valence-electron chi connectivity index (χ2n) is 6.72. The fraction of sp³-hybridized carbons (Fsp3) is 0.409. The van der Waals surface area contributed by atoms with Crippen molar-refractivity contribution in [1.82, 2.24) is 0 Å². The summed E-state index contributed by atoms with van der Waals surface area (Å²) in [6, 6.07) is 10.1. The van der Waals surface area contributed by atoms with Gasteiger partial charge in [-0.2, -0.15) is 11.8 Å². The number of carboxylic acid groups (broad SMARTS) is 1. The van der Waals surface area contributed by atoms with E-state index in [-0.39, 0.29) is 5.92 Å². The van der Waals surface area contributed by atoms with Gasteiger partial charge in [-0.05, 0) is 41.7 Å². The lowest BCUT2D eigenvalue weighted by Gasteiger charge is -2.18. The van der Waals surface area contributed by atoms with Gasteiger partial charge in [0.25, 0.3) is 0 Å². The van der Waals surface area contributed by atoms with Crippen molar-refractivity contribution in [3.63, 3.8) is 0 Å². The minimum Gasteiger partial charge on any atom is -0.478 e. The summed E-state index contributed by atoms with van der Waals surface area (Å²) >= 11 is 1.96. The maximum absolute atomic E-state index is 10.5. The number of aliphatic hydroxyl groups is 1. The molecule has 2 unspecified atom stereocenters. The predicted octanol–water partition coefficient (Wildman–Crippen LogP) is 4.66. The van der Waals surface area contributed by atoms with Gasteiger partial charge in [0.15, 0.2) is 0 Å². The number of rotatable bonds is 9. The largest absolute Gasteiger partial charge is 0.478 e. The van der Waals surface area contributed by atoms with Crippen LogP contribution in [0, 0.1) is 11.8 Å². The van der Waals surface area contributed by atoms with Crippen LogP contribution in [0.15, 0.2) is 66.8 Å². The first kappa shape index (κ1) is 20.5. The Kier molecular flexibility index (Phi) is 8.72. The summed E-state index contributed by atoms with van der Waals surface area (Å²) in [6.45, 7) is 2.05. The number of aliphatic hydroxyl groups excluding tert-OH is 1. The van der Waals surface area contributed by atoms with Crippen molar-refractivity contribution in [3.8, 4) is 0 Å². The molecule has 1 aliphatic rings. The average Bonchev–Trinajstić information content (AvgIpc) is 3.09. The van der Waals surface area contributed by atoms with Crippen LogP contribution in [0.3, 0.4) is 0 Å². The molecular weight excluding hydrogens is 344 g/mol. The highest BCUT2D eigenvalue weighted by molar-refractivity contribution is 7.99. The second kappa shape index (κ2) is 11.0. The van der Waals surface area contributed by atoms with E-state index in [0.29, 0.717) is 18.3 Å². The van der Waals surface area contributed by atoms with Gasteiger partial charge in [-0.15, -0.1) is 0 Å². The van der Waals surface area contributed by atoms with Gasteiger partial charge in [0, 0.05) is 12.0 Å². The molecule has 0 spiro atoms. The number of hydrogen-bond acceptors (Lipinski definition) is 3. The Bertz CT molecular complexity index is 636. The number of benzene rings is 1. The minimum atomic E-state index is -0.904. The molecular formula is C22H28O3S. The quantitative estimate of drug-likeness (QED) is 0.489. The Hall–Kier alpha value is -1.78. The van der Waals surface area contributed by atoms with E-state index in [2.05, 4.69) is 31.2 Å². The summed E-state index contributed by atoms with van der Waals surface area (Å²) in [5, 5.41) is 19.0. The van der Waals surface area contributed by atoms with Crippen LogP contribution in [-0.4, -0.2) is 33.8 Å². The van der Waals surface area contributed by atoms with Crippen LogP contribution < -0.4 is 0 Å². The third-order valence-corrected chi connectivity index (χ3v) is 6.06. The van der Waals surface area contributed by atoms with Crippen molar-refractivity contribution in [2.24, 2.45) is 11.8 Å². The molecule has 4 atom stereocenters. The standard InChI is InChI=1S/C22H28O3S/c1-17(18-9-6-4-7-10-18)21(23)14-13-20-16-26-15-19(20)11-5-2-3-8-12-22(24)25/h2,4-10,12-14,17,19-21,23H,3,11,15-16H2,1H3,(H,24,25)/t17?,19-,20+,21?/m1/s1. The normalized spacial score (nSPS) is 23.2. The first-order chi connectivity index (χ1) is 12.6. The highest BCUT2D eigenvalue weighted by atomic mass is 32.2. The van der Waals surface area contributed by atoms with Gasteiger partial charge in [-0.25, -0.2) is 4.79 Å². The van der Waals surface area contributed by atoms with E-state index in [4.69, 9.17) is 5.11 Å². The van der Waals surface area contributed by atoms with Gasteiger partial charge < -0.3 is 10.2 Å². The molecule has 4 heteroatoms. The third-order valence-electron chi connectivity index (χ3n) is 4.78. The third kappa shape index (κ3) is 6.85. The summed E-state index contributed by atoms with van der Waals surface area (Å²) in [6.07, 6.45) is 12.3. The smallest absolute Gasteiger partial charge is 0.327 e. The van der Waals surface area contributed by atoms with Crippen LogP contribution in [0.2, 0.25) is 0 Å². The average molecular weight is 373 g/mol. The predicted molar refractivity (Wildman–Crippen MR) is 109 cm³/mol. The lowest BCUT2D eigenvalue weighted by Crippen LogP contribution is -2.15. The van der Waals surface area contributed by atoms with Crippen LogP contribution >= 0.6 is 11.8 Å². The zero-order chi connectivity index (χ0) is 18.8. The molecule has 1 aromatic carbocycles. The molecule has 1 fully saturated rings. The monoisotopic (exact) mass is 372 g/mol. The molecule has 0 radical (unpaired) electrons. The van der Waals surface area contributed by atoms with Crippen molar-refractivity contribution in [2.75, 3.05) is 11.5 Å². The molecule has 2 rings (SSSR count). The van der Waals surface area contributed by atoms with Gasteiger partial charge >= 0.3 is 5.97 Å². The van der Waals surface area contributed by atoms with Crippen molar-refractivity contribution in [1.29, 1.82) is 0 Å². The van der Waals surface area contributed by atoms with Crippen molar-refractivity contribution < 1.29 is 15.0 Å². The molecule has 1 aromatic rings. The molecule has 0 aliphatic carbocycles. The van der Waals surface area contributed by atoms with E-state index in [0.717, 1.165) is 23.5 Å². The zero-order valence-electron chi connectivity index (χ0n) is 15.2. The molecule has 140 valence electrons. The van der Waals surface area contributed by atoms with Crippen molar-refractivity contribution >= 4 is 17.7 Å². The summed E-state index contributed by atoms with van der Waals surface area (Å²) in [4.78, 5) is 10.4. The summed E-state index contributed by atoms with van der Waals surface area (Å²) in [5.41, 5.74) is 1.15. The highest BCUT2D eigenvalue weighted by Gasteiger charge is 2.25. The number of thioether (sulfide) groups is 1. The number of hydrogen-bond donors (Lipinski definition) is 2. The Balaban J connectivity index is 1.82. The Morgan fingerprint density at radius 2 is 2.00 bits per heavy atom. The maximum Gasteiger partial charge on any atom is 0.327 e. The second-order valence-corrected chi connectivity index (χ2v) is 7.79. The van der Waals surface area contributed by atoms with Crippen LogP contribution in [0.1, 0.15) is 31.2 Å². The highest BCUT2D eigenvalue weighted by Crippen LogP contribution is 2.34. The lowest BCUT2D eigenvalue weighted by molar-refractivity contribution is -0.131. The van der Waals surface area contributed by atoms with Crippen molar-refractivity contribution in [3.05, 3.63) is 72.4 Å². The van der Waals surface area contributed by atoms with Gasteiger partial charge in [0.05, 0.1) is 6.10 Å². The zero-order valence-corrected chi connectivity index (χ0v) is 16.0.